The molecule has 0 spiro atoms. The van der Waals surface area contributed by atoms with E-state index in [0.717, 1.165) is 25.2 Å². The van der Waals surface area contributed by atoms with Gasteiger partial charge in [-0.1, -0.05) is 18.2 Å². The monoisotopic (exact) mass is 293 g/mol. The van der Waals surface area contributed by atoms with Gasteiger partial charge in [0.25, 0.3) is 0 Å². The lowest BCUT2D eigenvalue weighted by atomic mass is 9.90. The van der Waals surface area contributed by atoms with Gasteiger partial charge in [-0.15, -0.1) is 0 Å². The number of sulfone groups is 1. The summed E-state index contributed by atoms with van der Waals surface area (Å²) in [6, 6.07) is 7.94. The van der Waals surface area contributed by atoms with Gasteiger partial charge in [-0.3, -0.25) is 4.90 Å². The SMILES string of the molecule is CN1C2C=C(c3ccc(S(C)(=O)=O)cc3)CC1COC2. The van der Waals surface area contributed by atoms with Crippen LogP contribution in [0.15, 0.2) is 35.2 Å². The van der Waals surface area contributed by atoms with Crippen LogP contribution >= 0.6 is 0 Å². The largest absolute Gasteiger partial charge is 0.378 e. The van der Waals surface area contributed by atoms with Crippen LogP contribution in [-0.4, -0.2) is 51.9 Å². The number of ether oxygens (including phenoxy) is 1. The van der Waals surface area contributed by atoms with Crippen molar-refractivity contribution in [2.24, 2.45) is 0 Å². The average molecular weight is 293 g/mol. The molecule has 2 bridgehead atoms. The lowest BCUT2D eigenvalue weighted by Crippen LogP contribution is -2.51. The maximum atomic E-state index is 11.5. The summed E-state index contributed by atoms with van der Waals surface area (Å²) in [7, 11) is -0.985. The van der Waals surface area contributed by atoms with Gasteiger partial charge in [0.05, 0.1) is 24.2 Å². The maximum absolute atomic E-state index is 11.5. The van der Waals surface area contributed by atoms with Crippen molar-refractivity contribution in [1.29, 1.82) is 0 Å². The maximum Gasteiger partial charge on any atom is 0.175 e. The second kappa shape index (κ2) is 4.98. The highest BCUT2D eigenvalue weighted by Crippen LogP contribution is 2.31. The summed E-state index contributed by atoms with van der Waals surface area (Å²) in [5.41, 5.74) is 2.41. The number of likely N-dealkylation sites (N-methyl/N-ethyl adjacent to an activating group) is 1. The molecule has 2 unspecified atom stereocenters. The van der Waals surface area contributed by atoms with Crippen LogP contribution in [0.1, 0.15) is 12.0 Å². The fourth-order valence-electron chi connectivity index (χ4n) is 2.88. The van der Waals surface area contributed by atoms with Crippen LogP contribution in [0.25, 0.3) is 5.57 Å². The molecule has 2 heterocycles. The van der Waals surface area contributed by atoms with Crippen LogP contribution in [-0.2, 0) is 14.6 Å². The molecular weight excluding hydrogens is 274 g/mol. The van der Waals surface area contributed by atoms with Crippen molar-refractivity contribution < 1.29 is 13.2 Å². The first kappa shape index (κ1) is 13.8. The molecule has 0 amide bonds. The van der Waals surface area contributed by atoms with Gasteiger partial charge in [0, 0.05) is 12.3 Å². The van der Waals surface area contributed by atoms with Gasteiger partial charge in [-0.05, 0) is 36.7 Å². The normalized spacial score (nSPS) is 27.2. The Morgan fingerprint density at radius 3 is 2.50 bits per heavy atom. The zero-order valence-corrected chi connectivity index (χ0v) is 12.6. The molecule has 1 saturated heterocycles. The molecule has 108 valence electrons. The third-order valence-electron chi connectivity index (χ3n) is 4.20. The number of hydrogen-bond donors (Lipinski definition) is 0. The third kappa shape index (κ3) is 2.53. The van der Waals surface area contributed by atoms with Gasteiger partial charge in [-0.2, -0.15) is 0 Å². The van der Waals surface area contributed by atoms with E-state index < -0.39 is 9.84 Å². The number of nitrogens with zero attached hydrogens (tertiary/aromatic N) is 1. The first-order chi connectivity index (χ1) is 9.45. The summed E-state index contributed by atoms with van der Waals surface area (Å²) in [6.45, 7) is 1.50. The molecule has 0 aromatic heterocycles. The Bertz CT molecular complexity index is 634. The summed E-state index contributed by atoms with van der Waals surface area (Å²) >= 11 is 0. The minimum Gasteiger partial charge on any atom is -0.378 e. The van der Waals surface area contributed by atoms with E-state index in [1.165, 1.54) is 11.8 Å². The smallest absolute Gasteiger partial charge is 0.175 e. The van der Waals surface area contributed by atoms with Gasteiger partial charge in [0.1, 0.15) is 0 Å². The Morgan fingerprint density at radius 2 is 1.90 bits per heavy atom. The number of fused-ring (bicyclic) bond motifs is 2. The second-order valence-electron chi connectivity index (χ2n) is 5.62. The summed E-state index contributed by atoms with van der Waals surface area (Å²) in [5, 5.41) is 0. The number of benzene rings is 1. The molecule has 2 aliphatic rings. The summed E-state index contributed by atoms with van der Waals surface area (Å²) < 4.78 is 28.6. The van der Waals surface area contributed by atoms with Gasteiger partial charge in [-0.25, -0.2) is 8.42 Å². The van der Waals surface area contributed by atoms with Crippen LogP contribution in [0.4, 0.5) is 0 Å². The highest BCUT2D eigenvalue weighted by molar-refractivity contribution is 7.90. The van der Waals surface area contributed by atoms with Crippen molar-refractivity contribution in [3.8, 4) is 0 Å². The number of hydrogen-bond acceptors (Lipinski definition) is 4. The molecule has 0 N–H and O–H groups in total. The predicted molar refractivity (Wildman–Crippen MR) is 78.3 cm³/mol. The first-order valence-corrected chi connectivity index (χ1v) is 8.65. The highest BCUT2D eigenvalue weighted by Gasteiger charge is 2.32. The van der Waals surface area contributed by atoms with Crippen LogP contribution in [0, 0.1) is 0 Å². The number of morpholine rings is 1. The predicted octanol–water partition coefficient (Wildman–Crippen LogP) is 1.58. The van der Waals surface area contributed by atoms with E-state index in [2.05, 4.69) is 18.0 Å². The van der Waals surface area contributed by atoms with Crippen molar-refractivity contribution in [3.63, 3.8) is 0 Å². The molecule has 4 nitrogen and oxygen atoms in total. The Labute approximate surface area is 120 Å². The van der Waals surface area contributed by atoms with Crippen LogP contribution in [0.3, 0.4) is 0 Å². The molecule has 1 aromatic carbocycles. The fourth-order valence-corrected chi connectivity index (χ4v) is 3.51. The second-order valence-corrected chi connectivity index (χ2v) is 7.63. The Balaban J connectivity index is 1.90. The standard InChI is InChI=1S/C15H19NO3S/c1-16-13-7-12(8-14(16)10-19-9-13)11-3-5-15(6-4-11)20(2,17)18/h3-7,13-14H,8-10H2,1-2H3. The van der Waals surface area contributed by atoms with Crippen molar-refractivity contribution in [1.82, 2.24) is 4.90 Å². The summed E-state index contributed by atoms with van der Waals surface area (Å²) in [5.74, 6) is 0. The zero-order chi connectivity index (χ0) is 14.3. The fraction of sp³-hybridized carbons (Fsp3) is 0.467. The molecule has 0 saturated carbocycles. The van der Waals surface area contributed by atoms with E-state index in [9.17, 15) is 8.42 Å². The number of rotatable bonds is 2. The molecular formula is C15H19NO3S. The zero-order valence-electron chi connectivity index (χ0n) is 11.7. The lowest BCUT2D eigenvalue weighted by Gasteiger charge is -2.42. The van der Waals surface area contributed by atoms with Gasteiger partial charge in [0.15, 0.2) is 9.84 Å². The molecule has 5 heteroatoms. The van der Waals surface area contributed by atoms with Crippen LogP contribution in [0.5, 0.6) is 0 Å². The molecule has 0 aliphatic carbocycles. The molecule has 2 atom stereocenters. The molecule has 1 fully saturated rings. The van der Waals surface area contributed by atoms with Crippen molar-refractivity contribution in [2.75, 3.05) is 26.5 Å². The Hall–Kier alpha value is -1.17. The molecule has 0 radical (unpaired) electrons. The van der Waals surface area contributed by atoms with Crippen LogP contribution in [0.2, 0.25) is 0 Å². The van der Waals surface area contributed by atoms with E-state index in [-0.39, 0.29) is 0 Å². The van der Waals surface area contributed by atoms with Crippen molar-refractivity contribution in [2.45, 2.75) is 23.4 Å². The van der Waals surface area contributed by atoms with E-state index in [4.69, 9.17) is 4.74 Å². The average Bonchev–Trinajstić information content (AvgIpc) is 2.37. The Kier molecular flexibility index (Phi) is 3.44. The minimum atomic E-state index is -3.12. The molecule has 20 heavy (non-hydrogen) atoms. The Morgan fingerprint density at radius 1 is 1.20 bits per heavy atom. The summed E-state index contributed by atoms with van der Waals surface area (Å²) in [4.78, 5) is 2.73. The topological polar surface area (TPSA) is 46.6 Å². The lowest BCUT2D eigenvalue weighted by molar-refractivity contribution is -0.0221. The van der Waals surface area contributed by atoms with E-state index >= 15 is 0 Å². The van der Waals surface area contributed by atoms with Gasteiger partial charge < -0.3 is 4.74 Å². The van der Waals surface area contributed by atoms with Crippen molar-refractivity contribution in [3.05, 3.63) is 35.9 Å². The van der Waals surface area contributed by atoms with Crippen LogP contribution < -0.4 is 0 Å². The van der Waals surface area contributed by atoms with E-state index in [1.54, 1.807) is 12.1 Å². The van der Waals surface area contributed by atoms with Gasteiger partial charge >= 0.3 is 0 Å². The van der Waals surface area contributed by atoms with Gasteiger partial charge in [0.2, 0.25) is 0 Å². The van der Waals surface area contributed by atoms with E-state index in [0.29, 0.717) is 17.0 Å². The summed E-state index contributed by atoms with van der Waals surface area (Å²) in [6.07, 6.45) is 4.43. The third-order valence-corrected chi connectivity index (χ3v) is 5.33. The highest BCUT2D eigenvalue weighted by atomic mass is 32.2. The first-order valence-electron chi connectivity index (χ1n) is 6.76. The molecule has 1 aromatic rings. The van der Waals surface area contributed by atoms with Crippen molar-refractivity contribution >= 4 is 15.4 Å². The van der Waals surface area contributed by atoms with E-state index in [1.807, 2.05) is 12.1 Å². The quantitative estimate of drug-likeness (QED) is 0.830. The molecule has 3 rings (SSSR count). The minimum absolute atomic E-state index is 0.326. The molecule has 2 aliphatic heterocycles.